The molecule has 3 rings (SSSR count). The number of benzene rings is 2. The number of nitrogens with one attached hydrogen (secondary N) is 1. The quantitative estimate of drug-likeness (QED) is 0.677. The Hall–Kier alpha value is -2.42. The van der Waals surface area contributed by atoms with E-state index in [4.69, 9.17) is 16.3 Å². The normalized spacial score (nSPS) is 17.3. The zero-order valence-corrected chi connectivity index (χ0v) is 18.1. The monoisotopic (exact) mass is 450 g/mol. The molecule has 9 heteroatoms. The van der Waals surface area contributed by atoms with Gasteiger partial charge in [-0.1, -0.05) is 18.0 Å². The Kier molecular flexibility index (Phi) is 7.12. The maximum Gasteiger partial charge on any atom is 0.338 e. The molecule has 2 aromatic rings. The summed E-state index contributed by atoms with van der Waals surface area (Å²) in [4.78, 5) is 24.7. The Labute approximate surface area is 181 Å². The Morgan fingerprint density at radius 1 is 1.10 bits per heavy atom. The number of anilines is 1. The number of nitrogens with zero attached hydrogens (tertiary/aromatic N) is 1. The Balaban J connectivity index is 1.76. The smallest absolute Gasteiger partial charge is 0.338 e. The highest BCUT2D eigenvalue weighted by Gasteiger charge is 2.37. The summed E-state index contributed by atoms with van der Waals surface area (Å²) in [6.45, 7) is 2.27. The van der Waals surface area contributed by atoms with Crippen LogP contribution >= 0.6 is 11.6 Å². The van der Waals surface area contributed by atoms with Crippen molar-refractivity contribution in [3.8, 4) is 0 Å². The van der Waals surface area contributed by atoms with Crippen molar-refractivity contribution < 1.29 is 22.7 Å². The van der Waals surface area contributed by atoms with E-state index in [0.717, 1.165) is 6.42 Å². The largest absolute Gasteiger partial charge is 0.462 e. The molecule has 0 spiro atoms. The number of piperidine rings is 1. The summed E-state index contributed by atoms with van der Waals surface area (Å²) >= 11 is 5.86. The maximum absolute atomic E-state index is 13.1. The van der Waals surface area contributed by atoms with Gasteiger partial charge in [-0.2, -0.15) is 4.31 Å². The first-order chi connectivity index (χ1) is 14.3. The second-order valence-electron chi connectivity index (χ2n) is 6.87. The van der Waals surface area contributed by atoms with Crippen LogP contribution in [0.1, 0.15) is 36.5 Å². The molecule has 1 N–H and O–H groups in total. The van der Waals surface area contributed by atoms with Crippen LogP contribution < -0.4 is 5.32 Å². The van der Waals surface area contributed by atoms with Crippen LogP contribution in [-0.4, -0.2) is 43.8 Å². The molecule has 0 bridgehead atoms. The molecule has 0 saturated carbocycles. The van der Waals surface area contributed by atoms with E-state index in [-0.39, 0.29) is 18.0 Å². The fourth-order valence-corrected chi connectivity index (χ4v) is 5.11. The van der Waals surface area contributed by atoms with Crippen molar-refractivity contribution in [3.63, 3.8) is 0 Å². The van der Waals surface area contributed by atoms with Crippen LogP contribution in [0.15, 0.2) is 53.4 Å². The highest BCUT2D eigenvalue weighted by atomic mass is 35.5. The number of amides is 1. The molecule has 160 valence electrons. The minimum atomic E-state index is -3.84. The van der Waals surface area contributed by atoms with Gasteiger partial charge in [-0.15, -0.1) is 0 Å². The van der Waals surface area contributed by atoms with Crippen LogP contribution in [0.3, 0.4) is 0 Å². The standard InChI is InChI=1S/C21H23ClN2O5S/c1-2-29-21(26)15-6-10-17(11-7-15)23-20(25)19-5-3-4-14-24(19)30(27,28)18-12-8-16(22)9-13-18/h6-13,19H,2-5,14H2,1H3,(H,23,25)/t19-/m0/s1. The lowest BCUT2D eigenvalue weighted by atomic mass is 10.0. The molecule has 1 heterocycles. The van der Waals surface area contributed by atoms with E-state index in [1.807, 2.05) is 0 Å². The molecule has 1 saturated heterocycles. The molecular weight excluding hydrogens is 428 g/mol. The zero-order chi connectivity index (χ0) is 21.7. The molecule has 0 aliphatic carbocycles. The number of carbonyl (C=O) groups is 2. The topological polar surface area (TPSA) is 92.8 Å². The molecule has 1 amide bonds. The van der Waals surface area contributed by atoms with Gasteiger partial charge in [0.25, 0.3) is 0 Å². The van der Waals surface area contributed by atoms with E-state index >= 15 is 0 Å². The average molecular weight is 451 g/mol. The van der Waals surface area contributed by atoms with Crippen molar-refractivity contribution in [2.45, 2.75) is 37.1 Å². The van der Waals surface area contributed by atoms with Gasteiger partial charge in [0.2, 0.25) is 15.9 Å². The number of halogens is 1. The average Bonchev–Trinajstić information content (AvgIpc) is 2.74. The van der Waals surface area contributed by atoms with Gasteiger partial charge in [-0.3, -0.25) is 4.79 Å². The maximum atomic E-state index is 13.1. The number of ether oxygens (including phenoxy) is 1. The minimum absolute atomic E-state index is 0.102. The fourth-order valence-electron chi connectivity index (χ4n) is 3.33. The molecule has 2 aromatic carbocycles. The van der Waals surface area contributed by atoms with Gasteiger partial charge >= 0.3 is 5.97 Å². The van der Waals surface area contributed by atoms with Gasteiger partial charge in [-0.05, 0) is 68.3 Å². The Morgan fingerprint density at radius 2 is 1.77 bits per heavy atom. The molecule has 30 heavy (non-hydrogen) atoms. The second-order valence-corrected chi connectivity index (χ2v) is 9.20. The van der Waals surface area contributed by atoms with E-state index in [0.29, 0.717) is 29.1 Å². The van der Waals surface area contributed by atoms with E-state index in [1.54, 1.807) is 31.2 Å². The molecule has 1 aliphatic heterocycles. The Morgan fingerprint density at radius 3 is 2.40 bits per heavy atom. The van der Waals surface area contributed by atoms with Crippen LogP contribution in [0, 0.1) is 0 Å². The third-order valence-corrected chi connectivity index (χ3v) is 7.01. The van der Waals surface area contributed by atoms with Crippen LogP contribution in [-0.2, 0) is 19.6 Å². The first kappa shape index (κ1) is 22.3. The van der Waals surface area contributed by atoms with Crippen molar-refractivity contribution in [2.75, 3.05) is 18.5 Å². The molecule has 0 aromatic heterocycles. The van der Waals surface area contributed by atoms with Gasteiger partial charge in [0, 0.05) is 17.3 Å². The number of rotatable bonds is 6. The highest BCUT2D eigenvalue weighted by Crippen LogP contribution is 2.27. The SMILES string of the molecule is CCOC(=O)c1ccc(NC(=O)[C@@H]2CCCCN2S(=O)(=O)c2ccc(Cl)cc2)cc1. The summed E-state index contributed by atoms with van der Waals surface area (Å²) in [7, 11) is -3.84. The molecule has 1 atom stereocenters. The lowest BCUT2D eigenvalue weighted by molar-refractivity contribution is -0.120. The second kappa shape index (κ2) is 9.59. The third-order valence-electron chi connectivity index (χ3n) is 4.84. The van der Waals surface area contributed by atoms with Gasteiger partial charge in [0.15, 0.2) is 0 Å². The summed E-state index contributed by atoms with van der Waals surface area (Å²) in [5, 5.41) is 3.19. The molecule has 1 aliphatic rings. The minimum Gasteiger partial charge on any atom is -0.462 e. The Bertz CT molecular complexity index is 1010. The molecule has 7 nitrogen and oxygen atoms in total. The lowest BCUT2D eigenvalue weighted by Gasteiger charge is -2.33. The third kappa shape index (κ3) is 5.00. The number of carbonyl (C=O) groups excluding carboxylic acids is 2. The van der Waals surface area contributed by atoms with E-state index in [9.17, 15) is 18.0 Å². The molecule has 0 unspecified atom stereocenters. The summed E-state index contributed by atoms with van der Waals surface area (Å²) in [6.07, 6.45) is 1.87. The fraction of sp³-hybridized carbons (Fsp3) is 0.333. The summed E-state index contributed by atoms with van der Waals surface area (Å²) in [5.74, 6) is -0.848. The van der Waals surface area contributed by atoms with Crippen molar-refractivity contribution in [2.24, 2.45) is 0 Å². The van der Waals surface area contributed by atoms with E-state index < -0.39 is 27.9 Å². The van der Waals surface area contributed by atoms with Crippen LogP contribution in [0.2, 0.25) is 5.02 Å². The van der Waals surface area contributed by atoms with Crippen LogP contribution in [0.4, 0.5) is 5.69 Å². The number of hydrogen-bond donors (Lipinski definition) is 1. The summed E-state index contributed by atoms with van der Waals surface area (Å²) in [6, 6.07) is 11.4. The lowest BCUT2D eigenvalue weighted by Crippen LogP contribution is -2.49. The van der Waals surface area contributed by atoms with Crippen LogP contribution in [0.5, 0.6) is 0 Å². The first-order valence-electron chi connectivity index (χ1n) is 9.68. The number of esters is 1. The van der Waals surface area contributed by atoms with Crippen molar-refractivity contribution in [1.29, 1.82) is 0 Å². The summed E-state index contributed by atoms with van der Waals surface area (Å²) in [5.41, 5.74) is 0.849. The van der Waals surface area contributed by atoms with E-state index in [2.05, 4.69) is 5.32 Å². The molecule has 1 fully saturated rings. The van der Waals surface area contributed by atoms with Gasteiger partial charge in [-0.25, -0.2) is 13.2 Å². The predicted molar refractivity (Wildman–Crippen MR) is 114 cm³/mol. The van der Waals surface area contributed by atoms with E-state index in [1.165, 1.54) is 28.6 Å². The summed E-state index contributed by atoms with van der Waals surface area (Å²) < 4.78 is 32.4. The molecule has 0 radical (unpaired) electrons. The zero-order valence-electron chi connectivity index (χ0n) is 16.5. The number of hydrogen-bond acceptors (Lipinski definition) is 5. The van der Waals surface area contributed by atoms with Crippen molar-refractivity contribution in [3.05, 3.63) is 59.1 Å². The van der Waals surface area contributed by atoms with Crippen molar-refractivity contribution >= 4 is 39.2 Å². The van der Waals surface area contributed by atoms with Gasteiger partial charge < -0.3 is 10.1 Å². The van der Waals surface area contributed by atoms with Crippen LogP contribution in [0.25, 0.3) is 0 Å². The predicted octanol–water partition coefficient (Wildman–Crippen LogP) is 3.70. The van der Waals surface area contributed by atoms with Gasteiger partial charge in [0.1, 0.15) is 6.04 Å². The molecular formula is C21H23ClN2O5S. The first-order valence-corrected chi connectivity index (χ1v) is 11.5. The van der Waals surface area contributed by atoms with Crippen molar-refractivity contribution in [1.82, 2.24) is 4.31 Å². The number of sulfonamides is 1. The highest BCUT2D eigenvalue weighted by molar-refractivity contribution is 7.89. The van der Waals surface area contributed by atoms with Gasteiger partial charge in [0.05, 0.1) is 17.1 Å².